The summed E-state index contributed by atoms with van der Waals surface area (Å²) in [5.74, 6) is -1.69. The van der Waals surface area contributed by atoms with Crippen molar-refractivity contribution in [3.8, 4) is 0 Å². The number of aryl methyl sites for hydroxylation is 1. The van der Waals surface area contributed by atoms with Gasteiger partial charge >= 0.3 is 0 Å². The second-order valence-electron chi connectivity index (χ2n) is 6.93. The molecule has 0 aliphatic carbocycles. The molecule has 1 heterocycles. The fourth-order valence-electron chi connectivity index (χ4n) is 3.36. The lowest BCUT2D eigenvalue weighted by Crippen LogP contribution is -2.45. The molecule has 0 unspecified atom stereocenters. The first kappa shape index (κ1) is 19.5. The zero-order chi connectivity index (χ0) is 19.4. The van der Waals surface area contributed by atoms with Crippen molar-refractivity contribution in [2.24, 2.45) is 0 Å². The summed E-state index contributed by atoms with van der Waals surface area (Å²) in [5, 5.41) is 0. The van der Waals surface area contributed by atoms with Crippen molar-refractivity contribution >= 4 is 15.9 Å². The molecule has 0 aromatic heterocycles. The van der Waals surface area contributed by atoms with Gasteiger partial charge in [-0.1, -0.05) is 42.5 Å². The summed E-state index contributed by atoms with van der Waals surface area (Å²) in [6.07, 6.45) is 1.44. The van der Waals surface area contributed by atoms with E-state index in [9.17, 15) is 17.6 Å². The van der Waals surface area contributed by atoms with Gasteiger partial charge in [-0.2, -0.15) is 0 Å². The van der Waals surface area contributed by atoms with E-state index < -0.39 is 33.5 Å². The maximum Gasteiger partial charge on any atom is 0.250 e. The molecule has 1 atom stereocenters. The Morgan fingerprint density at radius 1 is 1.22 bits per heavy atom. The van der Waals surface area contributed by atoms with E-state index in [1.165, 1.54) is 12.1 Å². The summed E-state index contributed by atoms with van der Waals surface area (Å²) < 4.78 is 40.8. The Kier molecular flexibility index (Phi) is 5.92. The lowest BCUT2D eigenvalue weighted by atomic mass is 10.2. The number of likely N-dealkylation sites (tertiary alicyclic amines) is 1. The van der Waals surface area contributed by atoms with Crippen LogP contribution in [0.2, 0.25) is 0 Å². The zero-order valence-electron chi connectivity index (χ0n) is 15.2. The Morgan fingerprint density at radius 3 is 2.67 bits per heavy atom. The van der Waals surface area contributed by atoms with E-state index in [-0.39, 0.29) is 5.56 Å². The minimum atomic E-state index is -3.97. The summed E-state index contributed by atoms with van der Waals surface area (Å²) >= 11 is 0. The molecule has 1 N–H and O–H groups in total. The van der Waals surface area contributed by atoms with E-state index in [4.69, 9.17) is 0 Å². The van der Waals surface area contributed by atoms with Gasteiger partial charge in [0.15, 0.2) is 0 Å². The summed E-state index contributed by atoms with van der Waals surface area (Å²) in [7, 11) is -3.97. The molecular weight excluding hydrogens is 367 g/mol. The molecule has 27 heavy (non-hydrogen) atoms. The Bertz CT molecular complexity index is 916. The highest BCUT2D eigenvalue weighted by atomic mass is 32.2. The highest BCUT2D eigenvalue weighted by molar-refractivity contribution is 7.89. The summed E-state index contributed by atoms with van der Waals surface area (Å²) in [5.41, 5.74) is 1.83. The second-order valence-corrected chi connectivity index (χ2v) is 8.66. The van der Waals surface area contributed by atoms with Gasteiger partial charge in [-0.25, -0.2) is 12.8 Å². The van der Waals surface area contributed by atoms with Crippen LogP contribution < -0.4 is 4.72 Å². The van der Waals surface area contributed by atoms with Gasteiger partial charge in [0.2, 0.25) is 10.0 Å². The quantitative estimate of drug-likeness (QED) is 0.824. The normalized spacial score (nSPS) is 17.8. The Balaban J connectivity index is 1.66. The van der Waals surface area contributed by atoms with Crippen molar-refractivity contribution in [3.63, 3.8) is 0 Å². The molecule has 1 fully saturated rings. The van der Waals surface area contributed by atoms with E-state index in [2.05, 4.69) is 4.72 Å². The first-order valence-corrected chi connectivity index (χ1v) is 10.6. The van der Waals surface area contributed by atoms with E-state index in [0.29, 0.717) is 18.5 Å². The molecular formula is C20H23FN2O3S. The van der Waals surface area contributed by atoms with Crippen LogP contribution in [-0.4, -0.2) is 31.8 Å². The van der Waals surface area contributed by atoms with Gasteiger partial charge in [-0.15, -0.1) is 0 Å². The molecule has 0 radical (unpaired) electrons. The average molecular weight is 390 g/mol. The molecule has 7 heteroatoms. The largest absolute Gasteiger partial charge is 0.288 e. The minimum absolute atomic E-state index is 0.0495. The van der Waals surface area contributed by atoms with Gasteiger partial charge < -0.3 is 0 Å². The predicted molar refractivity (Wildman–Crippen MR) is 102 cm³/mol. The maximum absolute atomic E-state index is 13.9. The van der Waals surface area contributed by atoms with Crippen LogP contribution in [0, 0.1) is 12.7 Å². The molecule has 0 saturated carbocycles. The predicted octanol–water partition coefficient (Wildman–Crippen LogP) is 2.74. The number of benzene rings is 2. The zero-order valence-corrected chi connectivity index (χ0v) is 16.0. The van der Waals surface area contributed by atoms with E-state index in [0.717, 1.165) is 18.5 Å². The second kappa shape index (κ2) is 8.19. The number of carbonyl (C=O) groups excluding carboxylic acids is 1. The van der Waals surface area contributed by atoms with Crippen LogP contribution in [0.5, 0.6) is 0 Å². The highest BCUT2D eigenvalue weighted by Crippen LogP contribution is 2.21. The van der Waals surface area contributed by atoms with Gasteiger partial charge in [0.05, 0.1) is 11.8 Å². The van der Waals surface area contributed by atoms with Gasteiger partial charge in [-0.05, 0) is 43.5 Å². The van der Waals surface area contributed by atoms with Crippen molar-refractivity contribution < 1.29 is 17.6 Å². The molecule has 1 aliphatic heterocycles. The molecule has 5 nitrogen and oxygen atoms in total. The molecule has 3 rings (SSSR count). The fraction of sp³-hybridized carbons (Fsp3) is 0.350. The molecule has 144 valence electrons. The smallest absolute Gasteiger partial charge is 0.250 e. The first-order chi connectivity index (χ1) is 12.8. The molecule has 0 bridgehead atoms. The standard InChI is InChI=1S/C20H23FN2O3S/c1-15-9-10-17(18(21)12-15)14-27(25,26)22-20(24)19-8-5-11-23(19)13-16-6-3-2-4-7-16/h2-4,6-7,9-10,12,19H,5,8,11,13-14H2,1H3,(H,22,24)/t19-/m0/s1. The fourth-order valence-corrected chi connectivity index (χ4v) is 4.52. The van der Waals surface area contributed by atoms with Gasteiger partial charge in [0.25, 0.3) is 5.91 Å². The number of halogens is 1. The van der Waals surface area contributed by atoms with Crippen LogP contribution in [0.15, 0.2) is 48.5 Å². The Labute approximate surface area is 159 Å². The molecule has 1 amide bonds. The van der Waals surface area contributed by atoms with Crippen LogP contribution >= 0.6 is 0 Å². The molecule has 2 aromatic rings. The number of nitrogens with one attached hydrogen (secondary N) is 1. The lowest BCUT2D eigenvalue weighted by Gasteiger charge is -2.23. The summed E-state index contributed by atoms with van der Waals surface area (Å²) in [4.78, 5) is 14.5. The number of nitrogens with zero attached hydrogens (tertiary/aromatic N) is 1. The number of hydrogen-bond acceptors (Lipinski definition) is 4. The van der Waals surface area contributed by atoms with Crippen LogP contribution in [-0.2, 0) is 27.1 Å². The van der Waals surface area contributed by atoms with E-state index >= 15 is 0 Å². The third-order valence-corrected chi connectivity index (χ3v) is 5.91. The van der Waals surface area contributed by atoms with E-state index in [1.54, 1.807) is 13.0 Å². The van der Waals surface area contributed by atoms with Crippen LogP contribution in [0.3, 0.4) is 0 Å². The monoisotopic (exact) mass is 390 g/mol. The van der Waals surface area contributed by atoms with Crippen LogP contribution in [0.25, 0.3) is 0 Å². The molecule has 2 aromatic carbocycles. The van der Waals surface area contributed by atoms with Crippen molar-refractivity contribution in [3.05, 3.63) is 71.0 Å². The van der Waals surface area contributed by atoms with Crippen LogP contribution in [0.4, 0.5) is 4.39 Å². The Morgan fingerprint density at radius 2 is 1.96 bits per heavy atom. The lowest BCUT2D eigenvalue weighted by molar-refractivity contribution is -0.123. The third-order valence-electron chi connectivity index (χ3n) is 4.70. The number of carbonyl (C=O) groups is 1. The minimum Gasteiger partial charge on any atom is -0.288 e. The van der Waals surface area contributed by atoms with Crippen molar-refractivity contribution in [1.29, 1.82) is 0 Å². The SMILES string of the molecule is Cc1ccc(CS(=O)(=O)NC(=O)[C@@H]2CCCN2Cc2ccccc2)c(F)c1. The van der Waals surface area contributed by atoms with Crippen molar-refractivity contribution in [2.75, 3.05) is 6.54 Å². The van der Waals surface area contributed by atoms with E-state index in [1.807, 2.05) is 35.2 Å². The summed E-state index contributed by atoms with van der Waals surface area (Å²) in [6, 6.07) is 13.6. The molecule has 1 saturated heterocycles. The molecule has 1 aliphatic rings. The summed E-state index contributed by atoms with van der Waals surface area (Å²) in [6.45, 7) is 3.05. The number of hydrogen-bond donors (Lipinski definition) is 1. The number of sulfonamides is 1. The van der Waals surface area contributed by atoms with Gasteiger partial charge in [-0.3, -0.25) is 14.4 Å². The molecule has 0 spiro atoms. The van der Waals surface area contributed by atoms with Crippen molar-refractivity contribution in [1.82, 2.24) is 9.62 Å². The van der Waals surface area contributed by atoms with Gasteiger partial charge in [0, 0.05) is 12.1 Å². The average Bonchev–Trinajstić information content (AvgIpc) is 3.06. The topological polar surface area (TPSA) is 66.5 Å². The first-order valence-electron chi connectivity index (χ1n) is 8.91. The van der Waals surface area contributed by atoms with Crippen LogP contribution in [0.1, 0.15) is 29.5 Å². The van der Waals surface area contributed by atoms with Gasteiger partial charge in [0.1, 0.15) is 5.82 Å². The maximum atomic E-state index is 13.9. The Hall–Kier alpha value is -2.25. The number of rotatable bonds is 6. The highest BCUT2D eigenvalue weighted by Gasteiger charge is 2.32. The third kappa shape index (κ3) is 5.14. The van der Waals surface area contributed by atoms with Crippen molar-refractivity contribution in [2.45, 2.75) is 38.1 Å². The number of amides is 1.